The molecule has 2 rings (SSSR count). The first-order chi connectivity index (χ1) is 9.97. The second-order valence-electron chi connectivity index (χ2n) is 4.14. The third-order valence-electron chi connectivity index (χ3n) is 2.88. The highest BCUT2D eigenvalue weighted by atomic mass is 79.9. The lowest BCUT2D eigenvalue weighted by atomic mass is 10.0. The Labute approximate surface area is 140 Å². The van der Waals surface area contributed by atoms with Crippen LogP contribution < -0.4 is 9.47 Å². The lowest BCUT2D eigenvalue weighted by molar-refractivity contribution is 0.103. The Morgan fingerprint density at radius 2 is 1.81 bits per heavy atom. The van der Waals surface area contributed by atoms with E-state index < -0.39 is 0 Å². The second kappa shape index (κ2) is 6.69. The fourth-order valence-corrected chi connectivity index (χ4v) is 2.84. The Kier molecular flexibility index (Phi) is 5.14. The first kappa shape index (κ1) is 16.1. The average Bonchev–Trinajstić information content (AvgIpc) is 2.48. The van der Waals surface area contributed by atoms with Crippen LogP contribution in [-0.4, -0.2) is 20.0 Å². The van der Waals surface area contributed by atoms with Crippen molar-refractivity contribution >= 4 is 44.9 Å². The summed E-state index contributed by atoms with van der Waals surface area (Å²) in [7, 11) is 3.02. The summed E-state index contributed by atoms with van der Waals surface area (Å²) in [6.45, 7) is 0. The maximum absolute atomic E-state index is 12.7. The number of carbonyl (C=O) groups excluding carboxylic acids is 1. The Balaban J connectivity index is 2.60. The molecule has 0 aliphatic carbocycles. The predicted octanol–water partition coefficient (Wildman–Crippen LogP) is 5.00. The third kappa shape index (κ3) is 3.34. The van der Waals surface area contributed by atoms with Crippen LogP contribution in [0.15, 0.2) is 34.8 Å². The molecule has 0 aliphatic heterocycles. The number of hydrogen-bond donors (Lipinski definition) is 0. The van der Waals surface area contributed by atoms with E-state index in [9.17, 15) is 4.79 Å². The fraction of sp³-hybridized carbons (Fsp3) is 0.133. The molecule has 6 heteroatoms. The minimum atomic E-state index is -0.283. The predicted molar refractivity (Wildman–Crippen MR) is 87.1 cm³/mol. The van der Waals surface area contributed by atoms with Gasteiger partial charge in [-0.15, -0.1) is 0 Å². The van der Waals surface area contributed by atoms with Gasteiger partial charge in [0.1, 0.15) is 11.5 Å². The molecule has 0 unspecified atom stereocenters. The molecule has 0 fully saturated rings. The SMILES string of the molecule is COc1cc(Br)c(C(=O)c2cc(Cl)ccc2Cl)c(OC)c1. The van der Waals surface area contributed by atoms with Crippen molar-refractivity contribution in [3.63, 3.8) is 0 Å². The first-order valence-electron chi connectivity index (χ1n) is 5.89. The highest BCUT2D eigenvalue weighted by Crippen LogP contribution is 2.35. The molecule has 0 saturated heterocycles. The van der Waals surface area contributed by atoms with E-state index in [2.05, 4.69) is 15.9 Å². The van der Waals surface area contributed by atoms with Gasteiger partial charge in [-0.25, -0.2) is 0 Å². The average molecular weight is 390 g/mol. The van der Waals surface area contributed by atoms with Crippen LogP contribution in [0, 0.1) is 0 Å². The molecule has 0 spiro atoms. The van der Waals surface area contributed by atoms with Crippen LogP contribution in [0.1, 0.15) is 15.9 Å². The Hall–Kier alpha value is -1.23. The highest BCUT2D eigenvalue weighted by molar-refractivity contribution is 9.10. The summed E-state index contributed by atoms with van der Waals surface area (Å²) in [5, 5.41) is 0.764. The van der Waals surface area contributed by atoms with Gasteiger partial charge in [0, 0.05) is 21.1 Å². The molecule has 0 heterocycles. The molecule has 0 atom stereocenters. The first-order valence-corrected chi connectivity index (χ1v) is 7.44. The van der Waals surface area contributed by atoms with Crippen molar-refractivity contribution in [1.29, 1.82) is 0 Å². The summed E-state index contributed by atoms with van der Waals surface area (Å²) >= 11 is 15.4. The molecule has 2 aromatic carbocycles. The van der Waals surface area contributed by atoms with Gasteiger partial charge >= 0.3 is 0 Å². The summed E-state index contributed by atoms with van der Waals surface area (Å²) in [5.74, 6) is 0.684. The minimum absolute atomic E-state index is 0.283. The van der Waals surface area contributed by atoms with Crippen LogP contribution in [0.5, 0.6) is 11.5 Å². The lowest BCUT2D eigenvalue weighted by Crippen LogP contribution is -2.06. The van der Waals surface area contributed by atoms with Crippen LogP contribution in [0.2, 0.25) is 10.0 Å². The number of ether oxygens (including phenoxy) is 2. The molecule has 3 nitrogen and oxygen atoms in total. The van der Waals surface area contributed by atoms with Crippen molar-refractivity contribution in [2.24, 2.45) is 0 Å². The van der Waals surface area contributed by atoms with E-state index in [4.69, 9.17) is 32.7 Å². The normalized spacial score (nSPS) is 10.3. The molecular weight excluding hydrogens is 379 g/mol. The van der Waals surface area contributed by atoms with E-state index in [-0.39, 0.29) is 5.78 Å². The van der Waals surface area contributed by atoms with Gasteiger partial charge in [0.15, 0.2) is 5.78 Å². The van der Waals surface area contributed by atoms with E-state index in [0.717, 1.165) is 0 Å². The van der Waals surface area contributed by atoms with Crippen LogP contribution in [0.25, 0.3) is 0 Å². The zero-order chi connectivity index (χ0) is 15.6. The summed E-state index contributed by atoms with van der Waals surface area (Å²) in [6.07, 6.45) is 0. The topological polar surface area (TPSA) is 35.5 Å². The Morgan fingerprint density at radius 3 is 2.43 bits per heavy atom. The zero-order valence-electron chi connectivity index (χ0n) is 11.2. The van der Waals surface area contributed by atoms with Gasteiger partial charge in [0.05, 0.1) is 24.8 Å². The number of rotatable bonds is 4. The van der Waals surface area contributed by atoms with Crippen molar-refractivity contribution < 1.29 is 14.3 Å². The molecule has 0 saturated carbocycles. The highest BCUT2D eigenvalue weighted by Gasteiger charge is 2.21. The summed E-state index contributed by atoms with van der Waals surface area (Å²) < 4.78 is 11.0. The molecule has 0 N–H and O–H groups in total. The number of benzene rings is 2. The van der Waals surface area contributed by atoms with Gasteiger partial charge in [0.2, 0.25) is 0 Å². The number of methoxy groups -OCH3 is 2. The smallest absolute Gasteiger partial charge is 0.199 e. The van der Waals surface area contributed by atoms with Crippen molar-refractivity contribution in [3.8, 4) is 11.5 Å². The van der Waals surface area contributed by atoms with Crippen LogP contribution >= 0.6 is 39.1 Å². The fourth-order valence-electron chi connectivity index (χ4n) is 1.86. The minimum Gasteiger partial charge on any atom is -0.497 e. The van der Waals surface area contributed by atoms with Crippen molar-refractivity contribution in [2.45, 2.75) is 0 Å². The van der Waals surface area contributed by atoms with Crippen LogP contribution in [-0.2, 0) is 0 Å². The van der Waals surface area contributed by atoms with Crippen molar-refractivity contribution in [1.82, 2.24) is 0 Å². The van der Waals surface area contributed by atoms with E-state index in [1.807, 2.05) is 0 Å². The summed E-state index contributed by atoms with van der Waals surface area (Å²) in [4.78, 5) is 12.7. The number of carbonyl (C=O) groups is 1. The molecule has 0 radical (unpaired) electrons. The molecule has 0 amide bonds. The number of hydrogen-bond acceptors (Lipinski definition) is 3. The van der Waals surface area contributed by atoms with Crippen LogP contribution in [0.3, 0.4) is 0 Å². The van der Waals surface area contributed by atoms with Gasteiger partial charge in [-0.3, -0.25) is 4.79 Å². The largest absolute Gasteiger partial charge is 0.497 e. The molecule has 110 valence electrons. The zero-order valence-corrected chi connectivity index (χ0v) is 14.3. The summed E-state index contributed by atoms with van der Waals surface area (Å²) in [6, 6.07) is 8.06. The second-order valence-corrected chi connectivity index (χ2v) is 5.84. The van der Waals surface area contributed by atoms with E-state index in [1.54, 1.807) is 24.3 Å². The van der Waals surface area contributed by atoms with E-state index in [1.165, 1.54) is 20.3 Å². The van der Waals surface area contributed by atoms with E-state index >= 15 is 0 Å². The van der Waals surface area contributed by atoms with Gasteiger partial charge in [-0.2, -0.15) is 0 Å². The Bertz CT molecular complexity index is 702. The monoisotopic (exact) mass is 388 g/mol. The van der Waals surface area contributed by atoms with E-state index in [0.29, 0.717) is 37.1 Å². The van der Waals surface area contributed by atoms with Crippen molar-refractivity contribution in [3.05, 3.63) is 56.0 Å². The maximum Gasteiger partial charge on any atom is 0.199 e. The molecular formula is C15H11BrCl2O3. The maximum atomic E-state index is 12.7. The third-order valence-corrected chi connectivity index (χ3v) is 4.07. The van der Waals surface area contributed by atoms with Crippen molar-refractivity contribution in [2.75, 3.05) is 14.2 Å². The molecule has 0 bridgehead atoms. The van der Waals surface area contributed by atoms with Gasteiger partial charge in [-0.1, -0.05) is 23.2 Å². The quantitative estimate of drug-likeness (QED) is 0.690. The molecule has 0 aliphatic rings. The molecule has 21 heavy (non-hydrogen) atoms. The summed E-state index contributed by atoms with van der Waals surface area (Å²) in [5.41, 5.74) is 0.677. The number of ketones is 1. The van der Waals surface area contributed by atoms with Crippen LogP contribution in [0.4, 0.5) is 0 Å². The lowest BCUT2D eigenvalue weighted by Gasteiger charge is -2.13. The van der Waals surface area contributed by atoms with Gasteiger partial charge < -0.3 is 9.47 Å². The standard InChI is InChI=1S/C15H11BrCl2O3/c1-20-9-6-11(16)14(13(7-9)21-2)15(19)10-5-8(17)3-4-12(10)18/h3-7H,1-2H3. The molecule has 0 aromatic heterocycles. The number of halogens is 3. The van der Waals surface area contributed by atoms with Gasteiger partial charge in [0.25, 0.3) is 0 Å². The van der Waals surface area contributed by atoms with Gasteiger partial charge in [-0.05, 0) is 40.2 Å². The Morgan fingerprint density at radius 1 is 1.10 bits per heavy atom. The molecule has 2 aromatic rings.